The molecule has 0 aliphatic carbocycles. The number of aromatic nitrogens is 2. The quantitative estimate of drug-likeness (QED) is 0.450. The molecule has 2 heterocycles. The number of phenols is 1. The smallest absolute Gasteiger partial charge is 0.283 e. The van der Waals surface area contributed by atoms with Crippen LogP contribution in [-0.4, -0.2) is 20.2 Å². The van der Waals surface area contributed by atoms with E-state index in [-0.39, 0.29) is 23.2 Å². The standard InChI is InChI=1S/C16H9N3O5/c20-12-4-2-1-3-11(12)15-17-18-16(24-15)14-7-9-5-6-10(19(21)22)8-13(9)23-14/h1-8,20H. The number of para-hydroxylation sites is 1. The van der Waals surface area contributed by atoms with Crippen molar-refractivity contribution >= 4 is 16.7 Å². The van der Waals surface area contributed by atoms with Gasteiger partial charge in [-0.1, -0.05) is 12.1 Å². The second-order valence-electron chi connectivity index (χ2n) is 5.02. The van der Waals surface area contributed by atoms with Crippen molar-refractivity contribution in [2.24, 2.45) is 0 Å². The number of non-ortho nitro benzene ring substituents is 1. The van der Waals surface area contributed by atoms with E-state index >= 15 is 0 Å². The summed E-state index contributed by atoms with van der Waals surface area (Å²) in [6.07, 6.45) is 0. The molecule has 2 aromatic carbocycles. The lowest BCUT2D eigenvalue weighted by atomic mass is 10.2. The van der Waals surface area contributed by atoms with Gasteiger partial charge in [-0.3, -0.25) is 10.1 Å². The number of aromatic hydroxyl groups is 1. The molecular weight excluding hydrogens is 314 g/mol. The second kappa shape index (κ2) is 5.20. The molecular formula is C16H9N3O5. The monoisotopic (exact) mass is 323 g/mol. The zero-order valence-corrected chi connectivity index (χ0v) is 12.0. The summed E-state index contributed by atoms with van der Waals surface area (Å²) in [5.74, 6) is 0.578. The first-order valence-electron chi connectivity index (χ1n) is 6.92. The number of hydrogen-bond donors (Lipinski definition) is 1. The first-order chi connectivity index (χ1) is 11.6. The Morgan fingerprint density at radius 2 is 1.79 bits per heavy atom. The molecule has 1 N–H and O–H groups in total. The van der Waals surface area contributed by atoms with E-state index in [9.17, 15) is 15.2 Å². The normalized spacial score (nSPS) is 11.0. The van der Waals surface area contributed by atoms with Gasteiger partial charge in [-0.05, 0) is 24.3 Å². The lowest BCUT2D eigenvalue weighted by Gasteiger charge is -1.96. The third-order valence-corrected chi connectivity index (χ3v) is 3.48. The summed E-state index contributed by atoms with van der Waals surface area (Å²) in [5.41, 5.74) is 0.688. The van der Waals surface area contributed by atoms with E-state index in [4.69, 9.17) is 8.83 Å². The van der Waals surface area contributed by atoms with E-state index in [1.54, 1.807) is 30.3 Å². The number of furan rings is 1. The summed E-state index contributed by atoms with van der Waals surface area (Å²) in [4.78, 5) is 10.3. The number of rotatable bonds is 3. The molecule has 4 aromatic rings. The van der Waals surface area contributed by atoms with Crippen LogP contribution in [0.5, 0.6) is 5.75 Å². The van der Waals surface area contributed by atoms with E-state index in [1.165, 1.54) is 18.2 Å². The molecule has 8 nitrogen and oxygen atoms in total. The summed E-state index contributed by atoms with van der Waals surface area (Å²) < 4.78 is 11.1. The molecule has 0 atom stereocenters. The van der Waals surface area contributed by atoms with Crippen LogP contribution in [0.2, 0.25) is 0 Å². The van der Waals surface area contributed by atoms with Gasteiger partial charge < -0.3 is 13.9 Å². The van der Waals surface area contributed by atoms with Crippen LogP contribution in [0.15, 0.2) is 57.4 Å². The largest absolute Gasteiger partial charge is 0.507 e. The molecule has 2 aromatic heterocycles. The summed E-state index contributed by atoms with van der Waals surface area (Å²) in [5, 5.41) is 29.1. The number of hydrogen-bond acceptors (Lipinski definition) is 7. The number of benzene rings is 2. The van der Waals surface area contributed by atoms with E-state index in [0.29, 0.717) is 22.3 Å². The number of nitro groups is 1. The van der Waals surface area contributed by atoms with E-state index in [1.807, 2.05) is 0 Å². The van der Waals surface area contributed by atoms with Crippen molar-refractivity contribution in [2.45, 2.75) is 0 Å². The van der Waals surface area contributed by atoms with Crippen molar-refractivity contribution in [2.75, 3.05) is 0 Å². The molecule has 0 aliphatic heterocycles. The molecule has 0 saturated carbocycles. The first-order valence-corrected chi connectivity index (χ1v) is 6.92. The highest BCUT2D eigenvalue weighted by molar-refractivity contribution is 5.83. The minimum Gasteiger partial charge on any atom is -0.507 e. The molecule has 4 rings (SSSR count). The maximum atomic E-state index is 10.8. The molecule has 0 spiro atoms. The third kappa shape index (κ3) is 2.26. The Hall–Kier alpha value is -3.68. The van der Waals surface area contributed by atoms with Crippen LogP contribution in [0, 0.1) is 10.1 Å². The van der Waals surface area contributed by atoms with Crippen LogP contribution < -0.4 is 0 Å². The van der Waals surface area contributed by atoms with Gasteiger partial charge in [0.25, 0.3) is 17.5 Å². The molecule has 8 heteroatoms. The van der Waals surface area contributed by atoms with Gasteiger partial charge in [-0.2, -0.15) is 0 Å². The molecule has 0 aliphatic rings. The maximum Gasteiger partial charge on any atom is 0.283 e. The van der Waals surface area contributed by atoms with Crippen LogP contribution in [0.25, 0.3) is 34.1 Å². The van der Waals surface area contributed by atoms with Gasteiger partial charge in [0.05, 0.1) is 16.6 Å². The van der Waals surface area contributed by atoms with Crippen molar-refractivity contribution < 1.29 is 18.9 Å². The molecule has 24 heavy (non-hydrogen) atoms. The lowest BCUT2D eigenvalue weighted by Crippen LogP contribution is -1.85. The van der Waals surface area contributed by atoms with Gasteiger partial charge in [0.2, 0.25) is 0 Å². The fourth-order valence-electron chi connectivity index (χ4n) is 2.32. The molecule has 0 radical (unpaired) electrons. The second-order valence-corrected chi connectivity index (χ2v) is 5.02. The average Bonchev–Trinajstić information content (AvgIpc) is 3.21. The zero-order chi connectivity index (χ0) is 16.7. The predicted molar refractivity (Wildman–Crippen MR) is 83.3 cm³/mol. The van der Waals surface area contributed by atoms with Crippen LogP contribution in [0.1, 0.15) is 0 Å². The molecule has 0 amide bonds. The Balaban J connectivity index is 1.76. The molecule has 0 fully saturated rings. The van der Waals surface area contributed by atoms with Crippen LogP contribution in [-0.2, 0) is 0 Å². The average molecular weight is 323 g/mol. The Morgan fingerprint density at radius 1 is 1.00 bits per heavy atom. The van der Waals surface area contributed by atoms with E-state index in [0.717, 1.165) is 0 Å². The van der Waals surface area contributed by atoms with Crippen LogP contribution >= 0.6 is 0 Å². The van der Waals surface area contributed by atoms with Crippen molar-refractivity contribution in [3.63, 3.8) is 0 Å². The molecule has 0 saturated heterocycles. The Bertz CT molecular complexity index is 1070. The predicted octanol–water partition coefficient (Wildman–Crippen LogP) is 3.76. The maximum absolute atomic E-state index is 10.8. The summed E-state index contributed by atoms with van der Waals surface area (Å²) in [6, 6.07) is 12.5. The zero-order valence-electron chi connectivity index (χ0n) is 12.0. The van der Waals surface area contributed by atoms with Crippen molar-refractivity contribution in [3.8, 4) is 28.9 Å². The van der Waals surface area contributed by atoms with Gasteiger partial charge in [-0.25, -0.2) is 0 Å². The number of fused-ring (bicyclic) bond motifs is 1. The van der Waals surface area contributed by atoms with Gasteiger partial charge >= 0.3 is 0 Å². The number of nitro benzene ring substituents is 1. The number of nitrogens with zero attached hydrogens (tertiary/aromatic N) is 3. The number of phenolic OH excluding ortho intramolecular Hbond substituents is 1. The van der Waals surface area contributed by atoms with Gasteiger partial charge in [0.1, 0.15) is 11.3 Å². The van der Waals surface area contributed by atoms with Gasteiger partial charge in [0, 0.05) is 11.5 Å². The van der Waals surface area contributed by atoms with E-state index in [2.05, 4.69) is 10.2 Å². The fourth-order valence-corrected chi connectivity index (χ4v) is 2.32. The highest BCUT2D eigenvalue weighted by Crippen LogP contribution is 2.33. The topological polar surface area (TPSA) is 115 Å². The molecule has 0 bridgehead atoms. The Kier molecular flexibility index (Phi) is 3.02. The minimum atomic E-state index is -0.495. The van der Waals surface area contributed by atoms with Crippen molar-refractivity contribution in [1.29, 1.82) is 0 Å². The Labute approximate surface area is 134 Å². The summed E-state index contributed by atoms with van der Waals surface area (Å²) >= 11 is 0. The SMILES string of the molecule is O=[N+]([O-])c1ccc2cc(-c3nnc(-c4ccccc4O)o3)oc2c1. The van der Waals surface area contributed by atoms with Crippen molar-refractivity contribution in [3.05, 3.63) is 58.6 Å². The summed E-state index contributed by atoms with van der Waals surface area (Å²) in [7, 11) is 0. The third-order valence-electron chi connectivity index (χ3n) is 3.48. The van der Waals surface area contributed by atoms with Crippen LogP contribution in [0.4, 0.5) is 5.69 Å². The summed E-state index contributed by atoms with van der Waals surface area (Å²) in [6.45, 7) is 0. The van der Waals surface area contributed by atoms with Crippen LogP contribution in [0.3, 0.4) is 0 Å². The van der Waals surface area contributed by atoms with E-state index < -0.39 is 4.92 Å². The molecule has 0 unspecified atom stereocenters. The molecule has 118 valence electrons. The minimum absolute atomic E-state index is 0.0212. The van der Waals surface area contributed by atoms with Crippen molar-refractivity contribution in [1.82, 2.24) is 10.2 Å². The first kappa shape index (κ1) is 13.9. The Morgan fingerprint density at radius 3 is 2.58 bits per heavy atom. The highest BCUT2D eigenvalue weighted by Gasteiger charge is 2.17. The fraction of sp³-hybridized carbons (Fsp3) is 0. The van der Waals surface area contributed by atoms with Gasteiger partial charge in [0.15, 0.2) is 5.76 Å². The highest BCUT2D eigenvalue weighted by atomic mass is 16.6. The lowest BCUT2D eigenvalue weighted by molar-refractivity contribution is -0.384. The van der Waals surface area contributed by atoms with Gasteiger partial charge in [-0.15, -0.1) is 10.2 Å².